The molecule has 0 fully saturated rings. The van der Waals surface area contributed by atoms with Crippen LogP contribution >= 0.6 is 22.7 Å². The van der Waals surface area contributed by atoms with E-state index in [2.05, 4.69) is 39.1 Å². The van der Waals surface area contributed by atoms with Gasteiger partial charge in [0.15, 0.2) is 0 Å². The van der Waals surface area contributed by atoms with Crippen LogP contribution in [0.25, 0.3) is 21.0 Å². The fourth-order valence-electron chi connectivity index (χ4n) is 2.60. The molecule has 0 unspecified atom stereocenters. The van der Waals surface area contributed by atoms with E-state index in [1.807, 2.05) is 36.4 Å². The lowest BCUT2D eigenvalue weighted by Crippen LogP contribution is -1.88. The van der Waals surface area contributed by atoms with Gasteiger partial charge in [-0.25, -0.2) is 0 Å². The van der Waals surface area contributed by atoms with Gasteiger partial charge in [-0.05, 0) is 23.8 Å². The number of hydrogen-bond donors (Lipinski definition) is 1. The van der Waals surface area contributed by atoms with Crippen molar-refractivity contribution in [2.45, 2.75) is 0 Å². The Morgan fingerprint density at radius 2 is 1.59 bits per heavy atom. The van der Waals surface area contributed by atoms with Crippen molar-refractivity contribution in [1.29, 1.82) is 0 Å². The van der Waals surface area contributed by atoms with Gasteiger partial charge >= 0.3 is 0 Å². The molecule has 0 aliphatic carbocycles. The van der Waals surface area contributed by atoms with E-state index in [9.17, 15) is 0 Å². The predicted octanol–water partition coefficient (Wildman–Crippen LogP) is 5.69. The molecular formula is C20H17N3O2S2. The molecule has 2 aromatic heterocycles. The van der Waals surface area contributed by atoms with Crippen molar-refractivity contribution in [3.63, 3.8) is 0 Å². The molecule has 0 aliphatic rings. The minimum absolute atomic E-state index is 0.722. The van der Waals surface area contributed by atoms with Crippen molar-refractivity contribution in [2.24, 2.45) is 0 Å². The number of nitrogens with zero attached hydrogens (tertiary/aromatic N) is 2. The second-order valence-corrected chi connectivity index (χ2v) is 7.59. The Kier molecular flexibility index (Phi) is 5.04. The third-order valence-electron chi connectivity index (χ3n) is 3.93. The highest BCUT2D eigenvalue weighted by molar-refractivity contribution is 7.18. The van der Waals surface area contributed by atoms with Crippen molar-refractivity contribution in [3.8, 4) is 32.5 Å². The zero-order valence-corrected chi connectivity index (χ0v) is 16.4. The van der Waals surface area contributed by atoms with Crippen molar-refractivity contribution >= 4 is 33.5 Å². The maximum atomic E-state index is 5.33. The maximum absolute atomic E-state index is 5.33. The SMILES string of the molecule is COc1cc(OC)cc(-c2nnc(Nc3csc(-c4ccccc4)c3)s2)c1. The highest BCUT2D eigenvalue weighted by Crippen LogP contribution is 2.35. The Morgan fingerprint density at radius 1 is 0.852 bits per heavy atom. The van der Waals surface area contributed by atoms with Gasteiger partial charge in [-0.2, -0.15) is 0 Å². The minimum atomic E-state index is 0.722. The number of thiophene rings is 1. The topological polar surface area (TPSA) is 56.3 Å². The molecule has 0 aliphatic heterocycles. The monoisotopic (exact) mass is 395 g/mol. The smallest absolute Gasteiger partial charge is 0.210 e. The second-order valence-electron chi connectivity index (χ2n) is 5.70. The Labute approximate surface area is 165 Å². The van der Waals surface area contributed by atoms with Crippen molar-refractivity contribution in [1.82, 2.24) is 10.2 Å². The molecule has 2 aromatic carbocycles. The van der Waals surface area contributed by atoms with E-state index in [0.29, 0.717) is 0 Å². The van der Waals surface area contributed by atoms with Crippen molar-refractivity contribution in [3.05, 3.63) is 60.0 Å². The molecule has 7 heteroatoms. The molecule has 0 bridgehead atoms. The summed E-state index contributed by atoms with van der Waals surface area (Å²) in [7, 11) is 3.26. The molecule has 0 amide bonds. The molecule has 4 rings (SSSR count). The lowest BCUT2D eigenvalue weighted by atomic mass is 10.2. The van der Waals surface area contributed by atoms with Crippen LogP contribution in [-0.4, -0.2) is 24.4 Å². The van der Waals surface area contributed by atoms with Gasteiger partial charge in [0.2, 0.25) is 5.13 Å². The van der Waals surface area contributed by atoms with Crippen LogP contribution in [0, 0.1) is 0 Å². The fourth-order valence-corrected chi connectivity index (χ4v) is 4.20. The van der Waals surface area contributed by atoms with Gasteiger partial charge in [0.1, 0.15) is 16.5 Å². The quantitative estimate of drug-likeness (QED) is 0.454. The average Bonchev–Trinajstić information content (AvgIpc) is 3.38. The van der Waals surface area contributed by atoms with E-state index in [1.165, 1.54) is 21.8 Å². The Bertz CT molecular complexity index is 1020. The van der Waals surface area contributed by atoms with Crippen LogP contribution in [0.15, 0.2) is 60.0 Å². The number of anilines is 2. The molecule has 0 spiro atoms. The summed E-state index contributed by atoms with van der Waals surface area (Å²) in [4.78, 5) is 1.21. The highest BCUT2D eigenvalue weighted by atomic mass is 32.1. The molecule has 0 saturated heterocycles. The van der Waals surface area contributed by atoms with Crippen molar-refractivity contribution in [2.75, 3.05) is 19.5 Å². The molecule has 1 N–H and O–H groups in total. The van der Waals surface area contributed by atoms with E-state index in [0.717, 1.165) is 32.9 Å². The van der Waals surface area contributed by atoms with Crippen LogP contribution in [0.5, 0.6) is 11.5 Å². The van der Waals surface area contributed by atoms with Crippen LogP contribution in [0.1, 0.15) is 0 Å². The summed E-state index contributed by atoms with van der Waals surface area (Å²) in [6.45, 7) is 0. The largest absolute Gasteiger partial charge is 0.497 e. The third-order valence-corrected chi connectivity index (χ3v) is 5.80. The Balaban J connectivity index is 1.55. The summed E-state index contributed by atoms with van der Waals surface area (Å²) in [6.07, 6.45) is 0. The van der Waals surface area contributed by atoms with Gasteiger partial charge in [-0.15, -0.1) is 21.5 Å². The standard InChI is InChI=1S/C20H17N3O2S2/c1-24-16-8-14(9-17(11-16)25-2)19-22-23-20(27-19)21-15-10-18(26-12-15)13-6-4-3-5-7-13/h3-12H,1-2H3,(H,21,23). The van der Waals surface area contributed by atoms with Crippen LogP contribution in [0.4, 0.5) is 10.8 Å². The van der Waals surface area contributed by atoms with Crippen molar-refractivity contribution < 1.29 is 9.47 Å². The van der Waals surface area contributed by atoms with Gasteiger partial charge in [-0.3, -0.25) is 0 Å². The lowest BCUT2D eigenvalue weighted by molar-refractivity contribution is 0.394. The number of aromatic nitrogens is 2. The molecule has 4 aromatic rings. The first-order valence-corrected chi connectivity index (χ1v) is 9.92. The van der Waals surface area contributed by atoms with Crippen LogP contribution in [0.3, 0.4) is 0 Å². The van der Waals surface area contributed by atoms with Crippen LogP contribution in [0.2, 0.25) is 0 Å². The normalized spacial score (nSPS) is 10.6. The molecule has 0 radical (unpaired) electrons. The number of ether oxygens (including phenoxy) is 2. The summed E-state index contributed by atoms with van der Waals surface area (Å²) >= 11 is 3.18. The number of benzene rings is 2. The van der Waals surface area contributed by atoms with Crippen LogP contribution in [-0.2, 0) is 0 Å². The third kappa shape index (κ3) is 3.94. The summed E-state index contributed by atoms with van der Waals surface area (Å²) in [5.74, 6) is 1.44. The van der Waals surface area contributed by atoms with E-state index in [-0.39, 0.29) is 0 Å². The molecule has 27 heavy (non-hydrogen) atoms. The van der Waals surface area contributed by atoms with Gasteiger partial charge in [0, 0.05) is 21.9 Å². The van der Waals surface area contributed by atoms with Gasteiger partial charge in [-0.1, -0.05) is 41.7 Å². The molecule has 0 atom stereocenters. The number of rotatable bonds is 6. The van der Waals surface area contributed by atoms with Gasteiger partial charge in [0.25, 0.3) is 0 Å². The van der Waals surface area contributed by atoms with E-state index >= 15 is 0 Å². The molecule has 0 saturated carbocycles. The second kappa shape index (κ2) is 7.77. The van der Waals surface area contributed by atoms with E-state index in [4.69, 9.17) is 9.47 Å². The Hall–Kier alpha value is -2.90. The Morgan fingerprint density at radius 3 is 2.30 bits per heavy atom. The molecule has 2 heterocycles. The van der Waals surface area contributed by atoms with Crippen LogP contribution < -0.4 is 14.8 Å². The summed E-state index contributed by atoms with van der Waals surface area (Å²) in [5, 5.41) is 15.5. The van der Waals surface area contributed by atoms with Gasteiger partial charge < -0.3 is 14.8 Å². The number of methoxy groups -OCH3 is 2. The minimum Gasteiger partial charge on any atom is -0.497 e. The lowest BCUT2D eigenvalue weighted by Gasteiger charge is -2.06. The molecular weight excluding hydrogens is 378 g/mol. The maximum Gasteiger partial charge on any atom is 0.210 e. The molecule has 5 nitrogen and oxygen atoms in total. The van der Waals surface area contributed by atoms with Gasteiger partial charge in [0.05, 0.1) is 19.9 Å². The first-order chi connectivity index (χ1) is 13.2. The zero-order valence-electron chi connectivity index (χ0n) is 14.8. The fraction of sp³-hybridized carbons (Fsp3) is 0.100. The van der Waals surface area contributed by atoms with E-state index in [1.54, 1.807) is 25.6 Å². The zero-order chi connectivity index (χ0) is 18.6. The predicted molar refractivity (Wildman–Crippen MR) is 111 cm³/mol. The van der Waals surface area contributed by atoms with E-state index < -0.39 is 0 Å². The highest BCUT2D eigenvalue weighted by Gasteiger charge is 2.11. The first kappa shape index (κ1) is 17.5. The molecule has 136 valence electrons. The average molecular weight is 396 g/mol. The summed E-state index contributed by atoms with van der Waals surface area (Å²) in [5.41, 5.74) is 3.12. The number of hydrogen-bond acceptors (Lipinski definition) is 7. The first-order valence-electron chi connectivity index (χ1n) is 8.23. The summed E-state index contributed by atoms with van der Waals surface area (Å²) in [6, 6.07) is 18.1. The number of nitrogens with one attached hydrogen (secondary N) is 1. The summed E-state index contributed by atoms with van der Waals surface area (Å²) < 4.78 is 10.7.